The van der Waals surface area contributed by atoms with Crippen molar-refractivity contribution >= 4 is 35.6 Å². The largest absolute Gasteiger partial charge is 0.518 e. The van der Waals surface area contributed by atoms with Crippen LogP contribution >= 0.6 is 11.6 Å². The van der Waals surface area contributed by atoms with Crippen LogP contribution in [0.3, 0.4) is 0 Å². The lowest BCUT2D eigenvalue weighted by Gasteiger charge is -2.15. The van der Waals surface area contributed by atoms with Gasteiger partial charge in [-0.25, -0.2) is 9.59 Å². The minimum Gasteiger partial charge on any atom is -0.481 e. The van der Waals surface area contributed by atoms with Crippen LogP contribution < -0.4 is 4.74 Å². The van der Waals surface area contributed by atoms with Gasteiger partial charge in [0, 0.05) is 6.07 Å². The lowest BCUT2D eigenvalue weighted by Crippen LogP contribution is -2.22. The molecule has 0 aliphatic rings. The number of rotatable bonds is 7. The molecule has 0 aliphatic heterocycles. The van der Waals surface area contributed by atoms with E-state index in [2.05, 4.69) is 14.2 Å². The molecule has 2 rings (SSSR count). The number of carboxylic acid groups (broad SMARTS) is 1. The fraction of sp³-hybridized carbons (Fsp3) is 0.211. The summed E-state index contributed by atoms with van der Waals surface area (Å²) in [6, 6.07) is 5.05. The zero-order valence-electron chi connectivity index (χ0n) is 16.8. The van der Waals surface area contributed by atoms with E-state index in [0.717, 1.165) is 31.4 Å². The second kappa shape index (κ2) is 10.7. The molecule has 0 saturated carbocycles. The monoisotopic (exact) mass is 507 g/mol. The SMILES string of the molecule is COC(=O)OC(=O)OCC(C(=O)O)c1cc(Oc2ccc(C(F)(F)F)cc2Cl)ccc1[N+](=O)[O-]. The van der Waals surface area contributed by atoms with E-state index in [9.17, 15) is 42.8 Å². The first-order chi connectivity index (χ1) is 15.8. The first-order valence-corrected chi connectivity index (χ1v) is 9.19. The van der Waals surface area contributed by atoms with Crippen molar-refractivity contribution in [3.8, 4) is 11.5 Å². The van der Waals surface area contributed by atoms with Crippen molar-refractivity contribution in [3.05, 3.63) is 62.7 Å². The average molecular weight is 508 g/mol. The predicted molar refractivity (Wildman–Crippen MR) is 105 cm³/mol. The first kappa shape index (κ1) is 26.2. The maximum absolute atomic E-state index is 12.8. The van der Waals surface area contributed by atoms with Crippen LogP contribution in [-0.2, 0) is 25.2 Å². The highest BCUT2D eigenvalue weighted by Crippen LogP contribution is 2.38. The van der Waals surface area contributed by atoms with Gasteiger partial charge < -0.3 is 24.1 Å². The summed E-state index contributed by atoms with van der Waals surface area (Å²) in [5.41, 5.74) is -2.22. The Morgan fingerprint density at radius 1 is 1.15 bits per heavy atom. The number of carboxylic acids is 1. The quantitative estimate of drug-likeness (QED) is 0.230. The number of hydrogen-bond donors (Lipinski definition) is 1. The van der Waals surface area contributed by atoms with Crippen molar-refractivity contribution in [3.63, 3.8) is 0 Å². The molecule has 0 saturated heterocycles. The summed E-state index contributed by atoms with van der Waals surface area (Å²) in [5, 5.41) is 20.4. The molecular weight excluding hydrogens is 495 g/mol. The number of carbonyl (C=O) groups excluding carboxylic acids is 2. The van der Waals surface area contributed by atoms with Crippen molar-refractivity contribution < 1.29 is 56.5 Å². The van der Waals surface area contributed by atoms with Crippen LogP contribution in [0.1, 0.15) is 17.0 Å². The van der Waals surface area contributed by atoms with Crippen molar-refractivity contribution in [1.29, 1.82) is 0 Å². The molecule has 2 aromatic carbocycles. The van der Waals surface area contributed by atoms with Crippen molar-refractivity contribution in [2.45, 2.75) is 12.1 Å². The number of halogens is 4. The van der Waals surface area contributed by atoms with E-state index in [1.165, 1.54) is 0 Å². The van der Waals surface area contributed by atoms with E-state index in [-0.39, 0.29) is 11.5 Å². The number of nitrogens with zero attached hydrogens (tertiary/aromatic N) is 1. The van der Waals surface area contributed by atoms with Crippen LogP contribution in [0.15, 0.2) is 36.4 Å². The molecule has 1 unspecified atom stereocenters. The Kier molecular flexibility index (Phi) is 8.24. The Labute approximate surface area is 192 Å². The van der Waals surface area contributed by atoms with Gasteiger partial charge in [0.1, 0.15) is 24.0 Å². The van der Waals surface area contributed by atoms with E-state index in [0.29, 0.717) is 12.1 Å². The highest BCUT2D eigenvalue weighted by atomic mass is 35.5. The van der Waals surface area contributed by atoms with Crippen LogP contribution in [0.2, 0.25) is 5.02 Å². The Hall–Kier alpha value is -4.07. The van der Waals surface area contributed by atoms with Gasteiger partial charge in [0.05, 0.1) is 28.2 Å². The maximum Gasteiger partial charge on any atom is 0.518 e. The van der Waals surface area contributed by atoms with Crippen LogP contribution in [0.4, 0.5) is 28.4 Å². The molecule has 0 bridgehead atoms. The molecule has 34 heavy (non-hydrogen) atoms. The molecule has 0 spiro atoms. The summed E-state index contributed by atoms with van der Waals surface area (Å²) >= 11 is 5.82. The Bertz CT molecular complexity index is 1120. The number of methoxy groups -OCH3 is 1. The standard InChI is InChI=1S/C19H13ClF3NO10/c1-31-17(27)34-18(28)32-8-12(16(25)26)11-7-10(3-4-14(11)24(29)30)33-15-5-2-9(6-13(15)20)19(21,22)23/h2-7,12H,8H2,1H3,(H,25,26). The van der Waals surface area contributed by atoms with Crippen molar-refractivity contribution in [2.24, 2.45) is 0 Å². The average Bonchev–Trinajstić information content (AvgIpc) is 2.74. The number of benzene rings is 2. The second-order valence-electron chi connectivity index (χ2n) is 6.23. The molecule has 11 nitrogen and oxygen atoms in total. The van der Waals surface area contributed by atoms with Gasteiger partial charge in [-0.1, -0.05) is 11.6 Å². The molecule has 0 aromatic heterocycles. The highest BCUT2D eigenvalue weighted by Gasteiger charge is 2.32. The summed E-state index contributed by atoms with van der Waals surface area (Å²) in [6.07, 6.45) is -7.72. The third kappa shape index (κ3) is 6.71. The first-order valence-electron chi connectivity index (χ1n) is 8.81. The summed E-state index contributed by atoms with van der Waals surface area (Å²) in [4.78, 5) is 44.5. The number of aliphatic carboxylic acids is 1. The predicted octanol–water partition coefficient (Wildman–Crippen LogP) is 5.15. The molecule has 0 fully saturated rings. The zero-order valence-corrected chi connectivity index (χ0v) is 17.6. The van der Waals surface area contributed by atoms with E-state index >= 15 is 0 Å². The van der Waals surface area contributed by atoms with Crippen molar-refractivity contribution in [2.75, 3.05) is 13.7 Å². The van der Waals surface area contributed by atoms with Gasteiger partial charge in [-0.05, 0) is 30.3 Å². The normalized spacial score (nSPS) is 11.8. The van der Waals surface area contributed by atoms with Crippen LogP contribution in [0.25, 0.3) is 0 Å². The van der Waals surface area contributed by atoms with Gasteiger partial charge in [-0.2, -0.15) is 13.2 Å². The van der Waals surface area contributed by atoms with Gasteiger partial charge in [-0.15, -0.1) is 0 Å². The Morgan fingerprint density at radius 2 is 1.82 bits per heavy atom. The smallest absolute Gasteiger partial charge is 0.481 e. The number of carbonyl (C=O) groups is 3. The van der Waals surface area contributed by atoms with Gasteiger partial charge >= 0.3 is 24.5 Å². The molecule has 2 aromatic rings. The number of alkyl halides is 3. The maximum atomic E-state index is 12.8. The van der Waals surface area contributed by atoms with Crippen LogP contribution in [0, 0.1) is 10.1 Å². The summed E-state index contributed by atoms with van der Waals surface area (Å²) in [7, 11) is 0.896. The fourth-order valence-electron chi connectivity index (χ4n) is 2.51. The molecular formula is C19H13ClF3NO10. The summed E-state index contributed by atoms with van der Waals surface area (Å²) in [5.74, 6) is -3.94. The zero-order chi connectivity index (χ0) is 25.6. The molecule has 1 atom stereocenters. The lowest BCUT2D eigenvalue weighted by atomic mass is 9.98. The molecule has 0 aliphatic carbocycles. The number of ether oxygens (including phenoxy) is 4. The minimum atomic E-state index is -4.66. The molecule has 1 N–H and O–H groups in total. The fourth-order valence-corrected chi connectivity index (χ4v) is 2.73. The van der Waals surface area contributed by atoms with Gasteiger partial charge in [0.2, 0.25) is 0 Å². The summed E-state index contributed by atoms with van der Waals surface area (Å²) in [6.45, 7) is -0.990. The minimum absolute atomic E-state index is 0.217. The Balaban J connectivity index is 2.36. The summed E-state index contributed by atoms with van der Waals surface area (Å²) < 4.78 is 56.3. The topological polar surface area (TPSA) is 152 Å². The number of hydrogen-bond acceptors (Lipinski definition) is 9. The van der Waals surface area contributed by atoms with E-state index in [4.69, 9.17) is 16.3 Å². The van der Waals surface area contributed by atoms with Gasteiger partial charge in [0.15, 0.2) is 0 Å². The molecule has 0 radical (unpaired) electrons. The highest BCUT2D eigenvalue weighted by molar-refractivity contribution is 6.32. The van der Waals surface area contributed by atoms with Crippen LogP contribution in [0.5, 0.6) is 11.5 Å². The molecule has 15 heteroatoms. The number of nitro groups is 1. The van der Waals surface area contributed by atoms with E-state index < -0.39 is 63.7 Å². The van der Waals surface area contributed by atoms with Gasteiger partial charge in [0.25, 0.3) is 5.69 Å². The molecule has 0 amide bonds. The second-order valence-corrected chi connectivity index (χ2v) is 6.64. The lowest BCUT2D eigenvalue weighted by molar-refractivity contribution is -0.385. The van der Waals surface area contributed by atoms with E-state index in [1.807, 2.05) is 0 Å². The van der Waals surface area contributed by atoms with E-state index in [1.54, 1.807) is 0 Å². The van der Waals surface area contributed by atoms with Gasteiger partial charge in [-0.3, -0.25) is 14.9 Å². The molecule has 0 heterocycles. The third-order valence-electron chi connectivity index (χ3n) is 4.06. The third-order valence-corrected chi connectivity index (χ3v) is 4.35. The van der Waals surface area contributed by atoms with Crippen LogP contribution in [-0.4, -0.2) is 42.0 Å². The van der Waals surface area contributed by atoms with Crippen molar-refractivity contribution in [1.82, 2.24) is 0 Å². The Morgan fingerprint density at radius 3 is 2.35 bits per heavy atom. The molecule has 182 valence electrons. The number of nitro benzene ring substituents is 1.